The number of benzene rings is 3. The molecule has 32 heavy (non-hydrogen) atoms. The molecule has 6 nitrogen and oxygen atoms in total. The summed E-state index contributed by atoms with van der Waals surface area (Å²) in [5.41, 5.74) is 1.85. The van der Waals surface area contributed by atoms with Gasteiger partial charge in [0.2, 0.25) is 0 Å². The zero-order valence-corrected chi connectivity index (χ0v) is 18.3. The molecule has 0 aliphatic carbocycles. The molecule has 0 spiro atoms. The lowest BCUT2D eigenvalue weighted by molar-refractivity contribution is -0.139. The first-order valence-electron chi connectivity index (χ1n) is 10.3. The van der Waals surface area contributed by atoms with E-state index >= 15 is 0 Å². The third-order valence-electron chi connectivity index (χ3n) is 5.24. The van der Waals surface area contributed by atoms with Crippen LogP contribution in [-0.4, -0.2) is 25.3 Å². The van der Waals surface area contributed by atoms with Crippen molar-refractivity contribution in [3.63, 3.8) is 0 Å². The largest absolute Gasteiger partial charge is 0.480 e. The number of amides is 1. The molecule has 1 aliphatic heterocycles. The SMILES string of the molecule is CC[C@H]1Oc2ccc(NS(=O)(=O)c3ccccc3)cc2CN(Cc2ccc(F)cc2)C1=O. The predicted octanol–water partition coefficient (Wildman–Crippen LogP) is 4.33. The summed E-state index contributed by atoms with van der Waals surface area (Å²) in [4.78, 5) is 14.8. The molecule has 0 saturated heterocycles. The van der Waals surface area contributed by atoms with Gasteiger partial charge in [-0.15, -0.1) is 0 Å². The second-order valence-corrected chi connectivity index (χ2v) is 9.26. The number of nitrogens with one attached hydrogen (secondary N) is 1. The van der Waals surface area contributed by atoms with E-state index in [0.29, 0.717) is 30.0 Å². The standard InChI is InChI=1S/C24H23FN2O4S/c1-2-22-24(28)27(15-17-8-10-19(25)11-9-17)16-18-14-20(12-13-23(18)31-22)26-32(29,30)21-6-4-3-5-7-21/h3-14,22,26H,2,15-16H2,1H3/t22-/m1/s1. The van der Waals surface area contributed by atoms with E-state index in [2.05, 4.69) is 4.72 Å². The highest BCUT2D eigenvalue weighted by atomic mass is 32.2. The summed E-state index contributed by atoms with van der Waals surface area (Å²) in [5.74, 6) is 0.0281. The smallest absolute Gasteiger partial charge is 0.264 e. The van der Waals surface area contributed by atoms with Gasteiger partial charge >= 0.3 is 0 Å². The maximum Gasteiger partial charge on any atom is 0.264 e. The number of halogens is 1. The van der Waals surface area contributed by atoms with Gasteiger partial charge in [-0.05, 0) is 54.4 Å². The third-order valence-corrected chi connectivity index (χ3v) is 6.64. The molecule has 1 heterocycles. The highest BCUT2D eigenvalue weighted by molar-refractivity contribution is 7.92. The van der Waals surface area contributed by atoms with Gasteiger partial charge in [0.15, 0.2) is 6.10 Å². The lowest BCUT2D eigenvalue weighted by Gasteiger charge is -2.23. The van der Waals surface area contributed by atoms with Gasteiger partial charge in [0.05, 0.1) is 4.90 Å². The van der Waals surface area contributed by atoms with Crippen molar-refractivity contribution in [1.82, 2.24) is 4.90 Å². The Morgan fingerprint density at radius 3 is 2.47 bits per heavy atom. The van der Waals surface area contributed by atoms with Gasteiger partial charge in [0.25, 0.3) is 15.9 Å². The van der Waals surface area contributed by atoms with Crippen molar-refractivity contribution in [2.75, 3.05) is 4.72 Å². The molecule has 1 amide bonds. The maximum atomic E-state index is 13.3. The second kappa shape index (κ2) is 9.00. The Bertz CT molecular complexity index is 1210. The van der Waals surface area contributed by atoms with Gasteiger partial charge in [0.1, 0.15) is 11.6 Å². The molecular formula is C24H23FN2O4S. The number of nitrogens with zero attached hydrogens (tertiary/aromatic N) is 1. The van der Waals surface area contributed by atoms with Crippen molar-refractivity contribution in [3.8, 4) is 5.75 Å². The number of rotatable bonds is 6. The van der Waals surface area contributed by atoms with E-state index in [1.54, 1.807) is 53.4 Å². The maximum absolute atomic E-state index is 13.3. The number of fused-ring (bicyclic) bond motifs is 1. The van der Waals surface area contributed by atoms with E-state index in [9.17, 15) is 17.6 Å². The van der Waals surface area contributed by atoms with Gasteiger partial charge in [-0.2, -0.15) is 0 Å². The molecule has 1 N–H and O–H groups in total. The van der Waals surface area contributed by atoms with Crippen LogP contribution >= 0.6 is 0 Å². The first kappa shape index (κ1) is 21.8. The van der Waals surface area contributed by atoms with Gasteiger partial charge in [0, 0.05) is 24.3 Å². The summed E-state index contributed by atoms with van der Waals surface area (Å²) in [6, 6.07) is 19.1. The van der Waals surface area contributed by atoms with Crippen LogP contribution in [0.2, 0.25) is 0 Å². The van der Waals surface area contributed by atoms with Crippen LogP contribution in [0.1, 0.15) is 24.5 Å². The van der Waals surface area contributed by atoms with Crippen LogP contribution in [0.3, 0.4) is 0 Å². The monoisotopic (exact) mass is 454 g/mol. The summed E-state index contributed by atoms with van der Waals surface area (Å²) in [6.45, 7) is 2.40. The average Bonchev–Trinajstić information content (AvgIpc) is 2.92. The van der Waals surface area contributed by atoms with Crippen molar-refractivity contribution in [2.24, 2.45) is 0 Å². The third kappa shape index (κ3) is 4.75. The highest BCUT2D eigenvalue weighted by Crippen LogP contribution is 2.31. The molecule has 0 unspecified atom stereocenters. The molecule has 166 valence electrons. The molecule has 4 rings (SSSR count). The Kier molecular flexibility index (Phi) is 6.14. The van der Waals surface area contributed by atoms with Crippen molar-refractivity contribution >= 4 is 21.6 Å². The van der Waals surface area contributed by atoms with Crippen LogP contribution < -0.4 is 9.46 Å². The average molecular weight is 455 g/mol. The summed E-state index contributed by atoms with van der Waals surface area (Å²) in [6.07, 6.45) is -0.163. The topological polar surface area (TPSA) is 75.7 Å². The molecule has 3 aromatic carbocycles. The molecule has 0 bridgehead atoms. The number of hydrogen-bond donors (Lipinski definition) is 1. The Morgan fingerprint density at radius 2 is 1.78 bits per heavy atom. The Hall–Kier alpha value is -3.39. The molecule has 1 aliphatic rings. The molecule has 1 atom stereocenters. The van der Waals surface area contributed by atoms with Crippen LogP contribution in [0.5, 0.6) is 5.75 Å². The van der Waals surface area contributed by atoms with Crippen LogP contribution in [0.4, 0.5) is 10.1 Å². The minimum atomic E-state index is -3.75. The number of anilines is 1. The highest BCUT2D eigenvalue weighted by Gasteiger charge is 2.30. The predicted molar refractivity (Wildman–Crippen MR) is 119 cm³/mol. The normalized spacial score (nSPS) is 16.1. The Morgan fingerprint density at radius 1 is 1.06 bits per heavy atom. The molecule has 8 heteroatoms. The zero-order valence-electron chi connectivity index (χ0n) is 17.5. The minimum absolute atomic E-state index is 0.158. The van der Waals surface area contributed by atoms with Gasteiger partial charge in [-0.1, -0.05) is 37.3 Å². The molecule has 0 radical (unpaired) electrons. The quantitative estimate of drug-likeness (QED) is 0.602. The molecule has 0 aromatic heterocycles. The Balaban J connectivity index is 1.62. The van der Waals surface area contributed by atoms with Gasteiger partial charge < -0.3 is 9.64 Å². The van der Waals surface area contributed by atoms with Crippen LogP contribution in [0.25, 0.3) is 0 Å². The summed E-state index contributed by atoms with van der Waals surface area (Å²) in [5, 5.41) is 0. The van der Waals surface area contributed by atoms with Gasteiger partial charge in [-0.25, -0.2) is 12.8 Å². The number of hydrogen-bond acceptors (Lipinski definition) is 4. The summed E-state index contributed by atoms with van der Waals surface area (Å²) >= 11 is 0. The number of carbonyl (C=O) groups is 1. The number of ether oxygens (including phenoxy) is 1. The molecule has 0 saturated carbocycles. The summed E-state index contributed by atoms with van der Waals surface area (Å²) in [7, 11) is -3.75. The van der Waals surface area contributed by atoms with Crippen molar-refractivity contribution in [3.05, 3.63) is 89.7 Å². The van der Waals surface area contributed by atoms with E-state index in [4.69, 9.17) is 4.74 Å². The Labute approximate surface area is 186 Å². The van der Waals surface area contributed by atoms with E-state index < -0.39 is 16.1 Å². The summed E-state index contributed by atoms with van der Waals surface area (Å²) < 4.78 is 47.2. The number of carbonyl (C=O) groups excluding carboxylic acids is 1. The fourth-order valence-corrected chi connectivity index (χ4v) is 4.66. The fraction of sp³-hybridized carbons (Fsp3) is 0.208. The molecule has 0 fully saturated rings. The van der Waals surface area contributed by atoms with E-state index in [-0.39, 0.29) is 23.2 Å². The fourth-order valence-electron chi connectivity index (χ4n) is 3.59. The molecular weight excluding hydrogens is 431 g/mol. The first-order valence-corrected chi connectivity index (χ1v) is 11.7. The van der Waals surface area contributed by atoms with Crippen LogP contribution in [-0.2, 0) is 27.9 Å². The minimum Gasteiger partial charge on any atom is -0.480 e. The molecule has 3 aromatic rings. The second-order valence-electron chi connectivity index (χ2n) is 7.58. The van der Waals surface area contributed by atoms with Crippen LogP contribution in [0, 0.1) is 5.82 Å². The van der Waals surface area contributed by atoms with Crippen molar-refractivity contribution < 1.29 is 22.3 Å². The van der Waals surface area contributed by atoms with Crippen LogP contribution in [0.15, 0.2) is 77.7 Å². The number of sulfonamides is 1. The van der Waals surface area contributed by atoms with Gasteiger partial charge in [-0.3, -0.25) is 9.52 Å². The van der Waals surface area contributed by atoms with E-state index in [1.165, 1.54) is 24.3 Å². The van der Waals surface area contributed by atoms with Crippen molar-refractivity contribution in [2.45, 2.75) is 37.4 Å². The lowest BCUT2D eigenvalue weighted by Crippen LogP contribution is -2.38. The lowest BCUT2D eigenvalue weighted by atomic mass is 10.1. The first-order chi connectivity index (χ1) is 15.4. The van der Waals surface area contributed by atoms with E-state index in [1.807, 2.05) is 6.92 Å². The van der Waals surface area contributed by atoms with E-state index in [0.717, 1.165) is 5.56 Å². The van der Waals surface area contributed by atoms with Crippen molar-refractivity contribution in [1.29, 1.82) is 0 Å². The zero-order chi connectivity index (χ0) is 22.7.